The predicted octanol–water partition coefficient (Wildman–Crippen LogP) is 7.09. The third kappa shape index (κ3) is 6.41. The van der Waals surface area contributed by atoms with Crippen LogP contribution in [0.3, 0.4) is 0 Å². The van der Waals surface area contributed by atoms with Crippen molar-refractivity contribution in [1.82, 2.24) is 4.72 Å². The lowest BCUT2D eigenvalue weighted by Crippen LogP contribution is -2.31. The van der Waals surface area contributed by atoms with E-state index in [1.165, 1.54) is 12.1 Å². The van der Waals surface area contributed by atoms with Gasteiger partial charge in [-0.2, -0.15) is 4.72 Å². The number of hydrogen-bond donors (Lipinski definition) is 1. The van der Waals surface area contributed by atoms with Gasteiger partial charge in [0.2, 0.25) is 10.0 Å². The van der Waals surface area contributed by atoms with E-state index in [9.17, 15) is 13.0 Å². The van der Waals surface area contributed by atoms with Gasteiger partial charge in [-0.3, -0.25) is 0 Å². The molecule has 0 amide bonds. The molecule has 0 fully saturated rings. The molecule has 1 atom stereocenters. The Balaban J connectivity index is 1.83. The van der Waals surface area contributed by atoms with E-state index in [0.29, 0.717) is 10.0 Å². The fourth-order valence-corrected chi connectivity index (χ4v) is 7.32. The Morgan fingerprint density at radius 1 is 0.771 bits per heavy atom. The first-order valence-electron chi connectivity index (χ1n) is 10.7. The zero-order chi connectivity index (χ0) is 24.9. The van der Waals surface area contributed by atoms with Crippen LogP contribution in [0.4, 0.5) is 0 Å². The smallest absolute Gasteiger partial charge is 0.415 e. The van der Waals surface area contributed by atoms with Gasteiger partial charge in [0.25, 0.3) is 0 Å². The Bertz CT molecular complexity index is 1390. The van der Waals surface area contributed by atoms with Gasteiger partial charge in [-0.1, -0.05) is 82.2 Å². The third-order valence-corrected chi connectivity index (χ3v) is 9.13. The molecule has 1 unspecified atom stereocenters. The van der Waals surface area contributed by atoms with Crippen LogP contribution >= 0.6 is 23.5 Å². The molecule has 0 aliphatic carbocycles. The largest absolute Gasteiger partial charge is 0.453 e. The molecule has 4 aromatic carbocycles. The average molecular weight is 572 g/mol. The van der Waals surface area contributed by atoms with Crippen molar-refractivity contribution >= 4 is 33.5 Å². The zero-order valence-electron chi connectivity index (χ0n) is 18.7. The summed E-state index contributed by atoms with van der Waals surface area (Å²) in [5.74, 6) is -0.797. The molecule has 0 heterocycles. The standard InChI is InChI=1S/C26H23BrNO5PS/c1-20-15-17-25(18-16-20)35(30,31)28-26(21-9-8-10-22(27)19-21)34(29,32-23-11-4-2-5-12-23)33-24-13-6-3-7-14-24/h2-19,26,28H,1H3. The molecule has 0 radical (unpaired) electrons. The summed E-state index contributed by atoms with van der Waals surface area (Å²) in [4.78, 5) is 0.0362. The highest BCUT2D eigenvalue weighted by Gasteiger charge is 2.43. The normalized spacial score (nSPS) is 12.6. The lowest BCUT2D eigenvalue weighted by molar-refractivity contribution is 0.368. The van der Waals surface area contributed by atoms with E-state index in [1.54, 1.807) is 97.1 Å². The Kier molecular flexibility index (Phi) is 7.77. The van der Waals surface area contributed by atoms with Gasteiger partial charge in [-0.05, 0) is 61.0 Å². The van der Waals surface area contributed by atoms with Gasteiger partial charge in [-0.25, -0.2) is 13.0 Å². The quantitative estimate of drug-likeness (QED) is 0.217. The summed E-state index contributed by atoms with van der Waals surface area (Å²) in [5, 5.41) is 0. The minimum atomic E-state index is -4.25. The second kappa shape index (κ2) is 10.8. The van der Waals surface area contributed by atoms with E-state index in [2.05, 4.69) is 20.7 Å². The minimum Gasteiger partial charge on any atom is -0.415 e. The Labute approximate surface area is 213 Å². The molecular weight excluding hydrogens is 549 g/mol. The average Bonchev–Trinajstić information content (AvgIpc) is 2.84. The molecule has 0 saturated carbocycles. The molecule has 0 bridgehead atoms. The monoisotopic (exact) mass is 571 g/mol. The maximum absolute atomic E-state index is 14.5. The molecule has 0 aliphatic rings. The fraction of sp³-hybridized carbons (Fsp3) is 0.0769. The van der Waals surface area contributed by atoms with Crippen LogP contribution in [-0.4, -0.2) is 8.42 Å². The maximum Gasteiger partial charge on any atom is 0.453 e. The van der Waals surface area contributed by atoms with Crippen LogP contribution in [0.25, 0.3) is 0 Å². The number of rotatable bonds is 9. The van der Waals surface area contributed by atoms with Crippen LogP contribution in [-0.2, 0) is 14.6 Å². The molecule has 1 N–H and O–H groups in total. The minimum absolute atomic E-state index is 0.0362. The summed E-state index contributed by atoms with van der Waals surface area (Å²) in [6.07, 6.45) is 0. The second-order valence-corrected chi connectivity index (χ2v) is 12.3. The molecule has 0 saturated heterocycles. The Morgan fingerprint density at radius 3 is 1.83 bits per heavy atom. The van der Waals surface area contributed by atoms with Crippen molar-refractivity contribution < 1.29 is 22.0 Å². The van der Waals surface area contributed by atoms with Gasteiger partial charge in [0.15, 0.2) is 5.78 Å². The summed E-state index contributed by atoms with van der Waals surface area (Å²) in [5.41, 5.74) is 1.32. The van der Waals surface area contributed by atoms with Crippen LogP contribution in [0.5, 0.6) is 11.5 Å². The van der Waals surface area contributed by atoms with E-state index in [-0.39, 0.29) is 16.4 Å². The molecule has 180 valence electrons. The number of benzene rings is 4. The molecule has 0 aromatic heterocycles. The number of hydrogen-bond acceptors (Lipinski definition) is 5. The highest BCUT2D eigenvalue weighted by Crippen LogP contribution is 2.59. The molecule has 6 nitrogen and oxygen atoms in total. The Morgan fingerprint density at radius 2 is 1.31 bits per heavy atom. The van der Waals surface area contributed by atoms with Crippen molar-refractivity contribution in [2.45, 2.75) is 17.6 Å². The van der Waals surface area contributed by atoms with E-state index < -0.39 is 23.4 Å². The van der Waals surface area contributed by atoms with Crippen molar-refractivity contribution in [2.75, 3.05) is 0 Å². The number of para-hydroxylation sites is 2. The molecule has 4 rings (SSSR count). The number of aryl methyl sites for hydroxylation is 1. The lowest BCUT2D eigenvalue weighted by Gasteiger charge is -2.28. The van der Waals surface area contributed by atoms with Crippen molar-refractivity contribution in [3.8, 4) is 11.5 Å². The van der Waals surface area contributed by atoms with Crippen molar-refractivity contribution in [3.63, 3.8) is 0 Å². The van der Waals surface area contributed by atoms with E-state index in [4.69, 9.17) is 9.05 Å². The van der Waals surface area contributed by atoms with E-state index in [1.807, 2.05) is 6.92 Å². The topological polar surface area (TPSA) is 81.7 Å². The molecule has 0 aliphatic heterocycles. The number of halogens is 1. The maximum atomic E-state index is 14.5. The van der Waals surface area contributed by atoms with Gasteiger partial charge >= 0.3 is 7.60 Å². The summed E-state index contributed by atoms with van der Waals surface area (Å²) in [7, 11) is -8.36. The van der Waals surface area contributed by atoms with Crippen LogP contribution < -0.4 is 13.8 Å². The van der Waals surface area contributed by atoms with Gasteiger partial charge in [0.05, 0.1) is 4.90 Å². The van der Waals surface area contributed by atoms with Crippen LogP contribution in [0.2, 0.25) is 0 Å². The van der Waals surface area contributed by atoms with Crippen LogP contribution in [0.15, 0.2) is 119 Å². The summed E-state index contributed by atoms with van der Waals surface area (Å²) in [6.45, 7) is 1.86. The SMILES string of the molecule is Cc1ccc(S(=O)(=O)NC(c2cccc(Br)c2)P(=O)(Oc2ccccc2)Oc2ccccc2)cc1. The highest BCUT2D eigenvalue weighted by atomic mass is 79.9. The van der Waals surface area contributed by atoms with Gasteiger partial charge in [-0.15, -0.1) is 0 Å². The summed E-state index contributed by atoms with van der Waals surface area (Å²) >= 11 is 3.41. The van der Waals surface area contributed by atoms with Crippen molar-refractivity contribution in [1.29, 1.82) is 0 Å². The van der Waals surface area contributed by atoms with Gasteiger partial charge in [0.1, 0.15) is 11.5 Å². The molecule has 9 heteroatoms. The molecule has 4 aromatic rings. The second-order valence-electron chi connectivity index (χ2n) is 7.74. The highest BCUT2D eigenvalue weighted by molar-refractivity contribution is 9.10. The third-order valence-electron chi connectivity index (χ3n) is 5.03. The Hall–Kier alpha value is -2.90. The fourth-order valence-electron chi connectivity index (χ4n) is 3.30. The summed E-state index contributed by atoms with van der Waals surface area (Å²) < 4.78 is 56.5. The first-order valence-corrected chi connectivity index (χ1v) is 14.6. The number of nitrogens with one attached hydrogen (secondary N) is 1. The van der Waals surface area contributed by atoms with Crippen LogP contribution in [0.1, 0.15) is 16.9 Å². The lowest BCUT2D eigenvalue weighted by atomic mass is 10.2. The first kappa shape index (κ1) is 25.2. The van der Waals surface area contributed by atoms with E-state index in [0.717, 1.165) is 5.56 Å². The molecule has 35 heavy (non-hydrogen) atoms. The van der Waals surface area contributed by atoms with Crippen molar-refractivity contribution in [3.05, 3.63) is 125 Å². The van der Waals surface area contributed by atoms with Gasteiger partial charge in [0, 0.05) is 4.47 Å². The molecule has 0 spiro atoms. The zero-order valence-corrected chi connectivity index (χ0v) is 22.0. The number of sulfonamides is 1. The first-order chi connectivity index (χ1) is 16.7. The molecular formula is C26H23BrNO5PS. The van der Waals surface area contributed by atoms with E-state index >= 15 is 0 Å². The predicted molar refractivity (Wildman–Crippen MR) is 140 cm³/mol. The summed E-state index contributed by atoms with van der Waals surface area (Å²) in [6, 6.07) is 30.3. The van der Waals surface area contributed by atoms with Crippen molar-refractivity contribution in [2.24, 2.45) is 0 Å². The van der Waals surface area contributed by atoms with Gasteiger partial charge < -0.3 is 9.05 Å². The van der Waals surface area contributed by atoms with Crippen LogP contribution in [0, 0.1) is 6.92 Å².